The molecule has 0 aliphatic carbocycles. The molecular weight excluding hydrogens is 330 g/mol. The van der Waals surface area contributed by atoms with Crippen molar-refractivity contribution in [3.8, 4) is 0 Å². The van der Waals surface area contributed by atoms with E-state index >= 15 is 0 Å². The molecule has 26 heavy (non-hydrogen) atoms. The molecule has 0 bridgehead atoms. The lowest BCUT2D eigenvalue weighted by molar-refractivity contribution is -0.144. The molecule has 0 spiro atoms. The van der Waals surface area contributed by atoms with Crippen LogP contribution in [-0.2, 0) is 19.1 Å². The van der Waals surface area contributed by atoms with Gasteiger partial charge in [0.1, 0.15) is 0 Å². The fraction of sp³-hybridized carbons (Fsp3) is 0.762. The maximum absolute atomic E-state index is 12.5. The minimum absolute atomic E-state index is 0.0843. The summed E-state index contributed by atoms with van der Waals surface area (Å²) in [6, 6.07) is -0.104. The van der Waals surface area contributed by atoms with Crippen LogP contribution in [0.4, 0.5) is 0 Å². The van der Waals surface area contributed by atoms with Crippen LogP contribution in [0.2, 0.25) is 0 Å². The van der Waals surface area contributed by atoms with Gasteiger partial charge in [0.25, 0.3) is 5.91 Å². The molecule has 5 nitrogen and oxygen atoms in total. The van der Waals surface area contributed by atoms with E-state index in [1.54, 1.807) is 6.92 Å². The predicted octanol–water partition coefficient (Wildman–Crippen LogP) is 4.20. The number of carbonyl (C=O) groups excluding carboxylic acids is 3. The van der Waals surface area contributed by atoms with Crippen molar-refractivity contribution in [2.75, 3.05) is 6.61 Å². The minimum atomic E-state index is -0.686. The number of ketones is 1. The largest absolute Gasteiger partial charge is 0.466 e. The molecule has 5 heteroatoms. The summed E-state index contributed by atoms with van der Waals surface area (Å²) in [7, 11) is 0. The van der Waals surface area contributed by atoms with Crippen molar-refractivity contribution in [3.63, 3.8) is 0 Å². The minimum Gasteiger partial charge on any atom is -0.466 e. The molecule has 1 N–H and O–H groups in total. The van der Waals surface area contributed by atoms with Crippen molar-refractivity contribution in [2.45, 2.75) is 86.6 Å². The van der Waals surface area contributed by atoms with Crippen LogP contribution >= 0.6 is 0 Å². The van der Waals surface area contributed by atoms with Gasteiger partial charge in [0.2, 0.25) is 5.78 Å². The Morgan fingerprint density at radius 3 is 2.27 bits per heavy atom. The molecule has 0 radical (unpaired) electrons. The van der Waals surface area contributed by atoms with Gasteiger partial charge in [-0.1, -0.05) is 45.8 Å². The molecule has 0 aliphatic rings. The Labute approximate surface area is 158 Å². The Morgan fingerprint density at radius 2 is 1.77 bits per heavy atom. The first-order valence-electron chi connectivity index (χ1n) is 9.68. The predicted molar refractivity (Wildman–Crippen MR) is 105 cm³/mol. The fourth-order valence-electron chi connectivity index (χ4n) is 2.43. The second-order valence-electron chi connectivity index (χ2n) is 7.77. The number of esters is 1. The van der Waals surface area contributed by atoms with Gasteiger partial charge in [-0.05, 0) is 46.0 Å². The van der Waals surface area contributed by atoms with E-state index in [1.165, 1.54) is 0 Å². The molecule has 0 heterocycles. The molecule has 0 aromatic rings. The number of nitrogens with one attached hydrogen (secondary N) is 1. The summed E-state index contributed by atoms with van der Waals surface area (Å²) in [5.41, 5.74) is 0.477. The molecule has 0 aliphatic heterocycles. The summed E-state index contributed by atoms with van der Waals surface area (Å²) < 4.78 is 4.92. The highest BCUT2D eigenvalue weighted by Crippen LogP contribution is 2.27. The molecule has 150 valence electrons. The van der Waals surface area contributed by atoms with Gasteiger partial charge in [-0.25, -0.2) is 0 Å². The molecule has 0 fully saturated rings. The first kappa shape index (κ1) is 24.4. The van der Waals surface area contributed by atoms with Crippen LogP contribution in [0.5, 0.6) is 0 Å². The molecule has 1 amide bonds. The second kappa shape index (κ2) is 11.9. The standard InChI is InChI=1S/C21H37NO4/c1-8-16(5)14-17(12-10-11-13-18(23)26-9-2)22-20(25)19(24)21(6,7)15(3)4/h8,15,17H,9-14H2,1-7H3,(H,22,25)/b16-8-/t17-/m1/s1. The van der Waals surface area contributed by atoms with Crippen LogP contribution in [0, 0.1) is 11.3 Å². The zero-order valence-corrected chi connectivity index (χ0v) is 17.6. The number of hydrogen-bond donors (Lipinski definition) is 1. The van der Waals surface area contributed by atoms with Crippen LogP contribution in [0.15, 0.2) is 11.6 Å². The Bertz CT molecular complexity index is 506. The number of ether oxygens (including phenoxy) is 1. The number of amides is 1. The zero-order chi connectivity index (χ0) is 20.3. The molecule has 0 aromatic heterocycles. The molecule has 0 unspecified atom stereocenters. The number of Topliss-reactive ketones (excluding diaryl/α,β-unsaturated/α-hetero) is 1. The average molecular weight is 368 g/mol. The van der Waals surface area contributed by atoms with Crippen molar-refractivity contribution in [3.05, 3.63) is 11.6 Å². The summed E-state index contributed by atoms with van der Waals surface area (Å²) >= 11 is 0. The Hall–Kier alpha value is -1.65. The van der Waals surface area contributed by atoms with Gasteiger partial charge < -0.3 is 10.1 Å². The first-order chi connectivity index (χ1) is 12.1. The Kier molecular flexibility index (Phi) is 11.1. The van der Waals surface area contributed by atoms with E-state index in [0.29, 0.717) is 25.9 Å². The SMILES string of the molecule is C/C=C(/C)C[C@@H](CCCCC(=O)OCC)NC(=O)C(=O)C(C)(C)C(C)C. The summed E-state index contributed by atoms with van der Waals surface area (Å²) in [6.45, 7) is 13.7. The van der Waals surface area contributed by atoms with Crippen molar-refractivity contribution in [1.29, 1.82) is 0 Å². The van der Waals surface area contributed by atoms with Gasteiger partial charge in [-0.15, -0.1) is 0 Å². The normalized spacial score (nSPS) is 13.5. The molecule has 1 atom stereocenters. The van der Waals surface area contributed by atoms with E-state index in [9.17, 15) is 14.4 Å². The summed E-state index contributed by atoms with van der Waals surface area (Å²) in [4.78, 5) is 36.4. The monoisotopic (exact) mass is 367 g/mol. The van der Waals surface area contributed by atoms with E-state index in [-0.39, 0.29) is 23.7 Å². The van der Waals surface area contributed by atoms with Crippen LogP contribution in [0.3, 0.4) is 0 Å². The zero-order valence-electron chi connectivity index (χ0n) is 17.6. The van der Waals surface area contributed by atoms with Crippen LogP contribution < -0.4 is 5.32 Å². The number of unbranched alkanes of at least 4 members (excludes halogenated alkanes) is 1. The number of hydrogen-bond acceptors (Lipinski definition) is 4. The highest BCUT2D eigenvalue weighted by Gasteiger charge is 2.36. The van der Waals surface area contributed by atoms with Crippen LogP contribution in [-0.4, -0.2) is 30.3 Å². The highest BCUT2D eigenvalue weighted by atomic mass is 16.5. The van der Waals surface area contributed by atoms with E-state index in [2.05, 4.69) is 5.32 Å². The van der Waals surface area contributed by atoms with Gasteiger partial charge >= 0.3 is 5.97 Å². The number of rotatable bonds is 12. The average Bonchev–Trinajstić information content (AvgIpc) is 2.57. The van der Waals surface area contributed by atoms with Crippen LogP contribution in [0.25, 0.3) is 0 Å². The second-order valence-corrected chi connectivity index (χ2v) is 7.77. The van der Waals surface area contributed by atoms with Gasteiger partial charge in [0.15, 0.2) is 0 Å². The van der Waals surface area contributed by atoms with Gasteiger partial charge in [0.05, 0.1) is 6.61 Å². The van der Waals surface area contributed by atoms with Crippen molar-refractivity contribution in [2.24, 2.45) is 11.3 Å². The quantitative estimate of drug-likeness (QED) is 0.243. The van der Waals surface area contributed by atoms with Crippen molar-refractivity contribution >= 4 is 17.7 Å². The summed E-state index contributed by atoms with van der Waals surface area (Å²) in [5.74, 6) is -0.988. The van der Waals surface area contributed by atoms with Gasteiger partial charge in [-0.2, -0.15) is 0 Å². The maximum Gasteiger partial charge on any atom is 0.305 e. The third-order valence-corrected chi connectivity index (χ3v) is 5.12. The van der Waals surface area contributed by atoms with E-state index in [1.807, 2.05) is 47.6 Å². The summed E-state index contributed by atoms with van der Waals surface area (Å²) in [5, 5.41) is 2.91. The number of allylic oxidation sites excluding steroid dienone is 1. The molecule has 0 rings (SSSR count). The third-order valence-electron chi connectivity index (χ3n) is 5.12. The van der Waals surface area contributed by atoms with E-state index < -0.39 is 11.3 Å². The topological polar surface area (TPSA) is 72.5 Å². The smallest absolute Gasteiger partial charge is 0.305 e. The molecule has 0 aromatic carbocycles. The maximum atomic E-state index is 12.5. The fourth-order valence-corrected chi connectivity index (χ4v) is 2.43. The van der Waals surface area contributed by atoms with E-state index in [4.69, 9.17) is 4.74 Å². The third kappa shape index (κ3) is 8.63. The molecular formula is C21H37NO4. The molecule has 0 saturated carbocycles. The lowest BCUT2D eigenvalue weighted by Gasteiger charge is -2.28. The lowest BCUT2D eigenvalue weighted by Crippen LogP contribution is -2.46. The van der Waals surface area contributed by atoms with Gasteiger partial charge in [-0.3, -0.25) is 14.4 Å². The number of carbonyl (C=O) groups is 3. The van der Waals surface area contributed by atoms with E-state index in [0.717, 1.165) is 18.4 Å². The van der Waals surface area contributed by atoms with Gasteiger partial charge in [0, 0.05) is 17.9 Å². The highest BCUT2D eigenvalue weighted by molar-refractivity contribution is 6.38. The van der Waals surface area contributed by atoms with Crippen molar-refractivity contribution in [1.82, 2.24) is 5.32 Å². The van der Waals surface area contributed by atoms with Crippen LogP contribution in [0.1, 0.15) is 80.6 Å². The Balaban J connectivity index is 4.76. The van der Waals surface area contributed by atoms with Crippen molar-refractivity contribution < 1.29 is 19.1 Å². The lowest BCUT2D eigenvalue weighted by atomic mass is 9.77. The summed E-state index contributed by atoms with van der Waals surface area (Å²) in [6.07, 6.45) is 5.34. The first-order valence-corrected chi connectivity index (χ1v) is 9.68. The molecule has 0 saturated heterocycles. The Morgan fingerprint density at radius 1 is 1.15 bits per heavy atom.